The average Bonchev–Trinajstić information content (AvgIpc) is 3.39. The fourth-order valence-electron chi connectivity index (χ4n) is 6.14. The number of benzene rings is 4. The van der Waals surface area contributed by atoms with Gasteiger partial charge < -0.3 is 20.5 Å². The third kappa shape index (κ3) is 7.26. The number of halogens is 1. The van der Waals surface area contributed by atoms with Gasteiger partial charge in [-0.15, -0.1) is 0 Å². The highest BCUT2D eigenvalue weighted by atomic mass is 19.1. The number of hydrogen-bond donors (Lipinski definition) is 3. The number of carbonyl (C=O) groups excluding carboxylic acids is 1. The number of hydrogen-bond acceptors (Lipinski definition) is 5. The van der Waals surface area contributed by atoms with Crippen LogP contribution in [0.2, 0.25) is 0 Å². The molecule has 1 aliphatic rings. The third-order valence-electron chi connectivity index (χ3n) is 8.84. The minimum atomic E-state index is -0.242. The molecule has 2 heterocycles. The van der Waals surface area contributed by atoms with E-state index in [9.17, 15) is 9.18 Å². The van der Waals surface area contributed by atoms with Crippen molar-refractivity contribution in [2.75, 3.05) is 29.9 Å². The number of nitrogens with zero attached hydrogens (tertiary/aromatic N) is 4. The lowest BCUT2D eigenvalue weighted by atomic mass is 10.0. The van der Waals surface area contributed by atoms with E-state index in [1.54, 1.807) is 12.1 Å². The second-order valence-electron chi connectivity index (χ2n) is 12.0. The Kier molecular flexibility index (Phi) is 9.40. The zero-order valence-corrected chi connectivity index (χ0v) is 26.1. The van der Waals surface area contributed by atoms with Gasteiger partial charge in [0.1, 0.15) is 17.5 Å². The summed E-state index contributed by atoms with van der Waals surface area (Å²) in [5.41, 5.74) is 11.7. The Morgan fingerprint density at radius 3 is 2.39 bits per heavy atom. The Bertz CT molecular complexity index is 1810. The topological polar surface area (TPSA) is 103 Å². The van der Waals surface area contributed by atoms with Crippen LogP contribution >= 0.6 is 0 Å². The number of amides is 1. The molecule has 1 amide bonds. The number of carbonyl (C=O) groups is 1. The fourth-order valence-corrected chi connectivity index (χ4v) is 6.14. The number of likely N-dealkylation sites (tertiary alicyclic amines) is 1. The Morgan fingerprint density at radius 1 is 0.957 bits per heavy atom. The lowest BCUT2D eigenvalue weighted by Gasteiger charge is -2.34. The van der Waals surface area contributed by atoms with Crippen molar-refractivity contribution in [3.63, 3.8) is 0 Å². The normalized spacial score (nSPS) is 14.0. The molecule has 0 aliphatic carbocycles. The van der Waals surface area contributed by atoms with Gasteiger partial charge in [0.25, 0.3) is 0 Å². The van der Waals surface area contributed by atoms with E-state index >= 15 is 0 Å². The van der Waals surface area contributed by atoms with Crippen LogP contribution in [-0.2, 0) is 31.2 Å². The Balaban J connectivity index is 1.15. The van der Waals surface area contributed by atoms with Gasteiger partial charge in [-0.2, -0.15) is 0 Å². The highest BCUT2D eigenvalue weighted by Gasteiger charge is 2.25. The number of fused-ring (bicyclic) bond motifs is 1. The van der Waals surface area contributed by atoms with Crippen molar-refractivity contribution in [1.29, 1.82) is 5.41 Å². The first-order chi connectivity index (χ1) is 22.3. The highest BCUT2D eigenvalue weighted by Crippen LogP contribution is 2.26. The first kappa shape index (κ1) is 31.0. The van der Waals surface area contributed by atoms with Gasteiger partial charge in [0.2, 0.25) is 5.91 Å². The van der Waals surface area contributed by atoms with Crippen LogP contribution in [0.15, 0.2) is 97.1 Å². The number of aromatic nitrogens is 2. The molecule has 1 saturated heterocycles. The molecular weight excluding hydrogens is 577 g/mol. The maximum Gasteiger partial charge on any atom is 0.241 e. The van der Waals surface area contributed by atoms with Crippen molar-refractivity contribution in [3.8, 4) is 0 Å². The molecule has 4 N–H and O–H groups in total. The van der Waals surface area contributed by atoms with E-state index in [0.29, 0.717) is 18.8 Å². The number of anilines is 2. The molecular formula is C37H40FN7O. The molecule has 236 valence electrons. The number of nitrogens with one attached hydrogen (secondary N) is 2. The SMILES string of the molecule is Cn1c(CCc2ccc(C(=N)N)cc2)nc2cc(N(Cc3ccccc3)C(=O)CN3CCC(Nc4ccccc4F)CC3)ccc21. The molecule has 6 rings (SSSR count). The van der Waals surface area contributed by atoms with Gasteiger partial charge in [0.05, 0.1) is 29.8 Å². The zero-order valence-electron chi connectivity index (χ0n) is 26.1. The van der Waals surface area contributed by atoms with Crippen molar-refractivity contribution >= 4 is 34.2 Å². The maximum atomic E-state index is 14.1. The predicted octanol–water partition coefficient (Wildman–Crippen LogP) is 5.89. The van der Waals surface area contributed by atoms with E-state index in [1.165, 1.54) is 6.07 Å². The maximum absolute atomic E-state index is 14.1. The Morgan fingerprint density at radius 2 is 1.67 bits per heavy atom. The second-order valence-corrected chi connectivity index (χ2v) is 12.0. The number of aryl methyl sites for hydroxylation is 3. The molecule has 1 fully saturated rings. The van der Waals surface area contributed by atoms with Crippen LogP contribution in [0.4, 0.5) is 15.8 Å². The van der Waals surface area contributed by atoms with E-state index < -0.39 is 0 Å². The Hall–Kier alpha value is -5.02. The summed E-state index contributed by atoms with van der Waals surface area (Å²) in [6, 6.07) is 30.8. The lowest BCUT2D eigenvalue weighted by molar-refractivity contribution is -0.120. The monoisotopic (exact) mass is 617 g/mol. The van der Waals surface area contributed by atoms with Crippen molar-refractivity contribution in [2.45, 2.75) is 38.3 Å². The number of amidine groups is 1. The van der Waals surface area contributed by atoms with Gasteiger partial charge >= 0.3 is 0 Å². The van der Waals surface area contributed by atoms with E-state index in [2.05, 4.69) is 14.8 Å². The highest BCUT2D eigenvalue weighted by molar-refractivity contribution is 5.97. The Labute approximate surface area is 269 Å². The van der Waals surface area contributed by atoms with Gasteiger partial charge in [0.15, 0.2) is 0 Å². The molecule has 0 unspecified atom stereocenters. The molecule has 0 saturated carbocycles. The van der Waals surface area contributed by atoms with Crippen molar-refractivity contribution in [2.24, 2.45) is 12.8 Å². The van der Waals surface area contributed by atoms with E-state index in [1.807, 2.05) is 90.8 Å². The van der Waals surface area contributed by atoms with Crippen LogP contribution in [0.5, 0.6) is 0 Å². The number of rotatable bonds is 11. The van der Waals surface area contributed by atoms with Gasteiger partial charge in [-0.25, -0.2) is 9.37 Å². The van der Waals surface area contributed by atoms with Crippen molar-refractivity contribution in [1.82, 2.24) is 14.5 Å². The number of nitrogens with two attached hydrogens (primary N) is 1. The molecule has 1 aliphatic heterocycles. The first-order valence-corrected chi connectivity index (χ1v) is 15.8. The number of imidazole rings is 1. The summed E-state index contributed by atoms with van der Waals surface area (Å²) in [6.07, 6.45) is 3.25. The molecule has 0 spiro atoms. The summed E-state index contributed by atoms with van der Waals surface area (Å²) in [5.74, 6) is 0.828. The molecule has 0 atom stereocenters. The molecule has 0 radical (unpaired) electrons. The predicted molar refractivity (Wildman–Crippen MR) is 183 cm³/mol. The van der Waals surface area contributed by atoms with E-state index in [-0.39, 0.29) is 23.6 Å². The van der Waals surface area contributed by atoms with E-state index in [0.717, 1.165) is 78.0 Å². The van der Waals surface area contributed by atoms with Crippen molar-refractivity contribution in [3.05, 3.63) is 125 Å². The third-order valence-corrected chi connectivity index (χ3v) is 8.84. The minimum Gasteiger partial charge on any atom is -0.384 e. The summed E-state index contributed by atoms with van der Waals surface area (Å²) in [5, 5.41) is 10.9. The summed E-state index contributed by atoms with van der Waals surface area (Å²) in [4.78, 5) is 23.0. The van der Waals surface area contributed by atoms with Crippen molar-refractivity contribution < 1.29 is 9.18 Å². The summed E-state index contributed by atoms with van der Waals surface area (Å²) in [7, 11) is 2.03. The largest absolute Gasteiger partial charge is 0.384 e. The van der Waals surface area contributed by atoms with Gasteiger partial charge in [-0.1, -0.05) is 66.7 Å². The second kappa shape index (κ2) is 14.0. The first-order valence-electron chi connectivity index (χ1n) is 15.8. The fraction of sp³-hybridized carbons (Fsp3) is 0.270. The number of piperidine rings is 1. The quantitative estimate of drug-likeness (QED) is 0.127. The lowest BCUT2D eigenvalue weighted by Crippen LogP contribution is -2.45. The molecule has 4 aromatic carbocycles. The number of nitrogen functional groups attached to an aromatic ring is 1. The van der Waals surface area contributed by atoms with E-state index in [4.69, 9.17) is 16.1 Å². The van der Waals surface area contributed by atoms with Gasteiger partial charge in [-0.3, -0.25) is 15.1 Å². The zero-order chi connectivity index (χ0) is 32.0. The molecule has 46 heavy (non-hydrogen) atoms. The standard InChI is InChI=1S/C37H40FN7O/c1-43-34-17-16-30(23-33(34)42-35(43)18-13-26-11-14-28(15-12-26)37(39)40)45(24-27-7-3-2-4-8-27)36(46)25-44-21-19-29(20-22-44)41-32-10-6-5-9-31(32)38/h2-12,14-17,23,29,41H,13,18-22,24-25H2,1H3,(H3,39,40). The van der Waals surface area contributed by atoms with Crippen LogP contribution in [0.3, 0.4) is 0 Å². The van der Waals surface area contributed by atoms with Crippen LogP contribution in [-0.4, -0.2) is 51.9 Å². The van der Waals surface area contributed by atoms with Gasteiger partial charge in [0, 0.05) is 43.9 Å². The smallest absolute Gasteiger partial charge is 0.241 e. The molecule has 5 aromatic rings. The van der Waals surface area contributed by atoms with Gasteiger partial charge in [-0.05, 0) is 60.7 Å². The molecule has 0 bridgehead atoms. The molecule has 9 heteroatoms. The summed E-state index contributed by atoms with van der Waals surface area (Å²) < 4.78 is 16.3. The molecule has 1 aromatic heterocycles. The molecule has 8 nitrogen and oxygen atoms in total. The van der Waals surface area contributed by atoms with Crippen LogP contribution in [0.1, 0.15) is 35.4 Å². The summed E-state index contributed by atoms with van der Waals surface area (Å²) >= 11 is 0. The van der Waals surface area contributed by atoms with Crippen LogP contribution < -0.4 is 16.0 Å². The number of para-hydroxylation sites is 1. The average molecular weight is 618 g/mol. The minimum absolute atomic E-state index is 0.0360. The summed E-state index contributed by atoms with van der Waals surface area (Å²) in [6.45, 7) is 2.30. The van der Waals surface area contributed by atoms with Crippen LogP contribution in [0.25, 0.3) is 11.0 Å². The van der Waals surface area contributed by atoms with Crippen LogP contribution in [0, 0.1) is 11.2 Å².